The molecule has 1 unspecified atom stereocenters. The van der Waals surface area contributed by atoms with Crippen LogP contribution in [0.25, 0.3) is 0 Å². The maximum atomic E-state index is 10.2. The van der Waals surface area contributed by atoms with Crippen LogP contribution in [0.3, 0.4) is 0 Å². The summed E-state index contributed by atoms with van der Waals surface area (Å²) < 4.78 is 1.14. The standard InChI is InChI=1S/C14H14INO/c1-10-4-2-6-12(14(10)15)13(17)8-11-5-3-7-16-9-11/h2-7,9,13,17H,8H2,1H3. The van der Waals surface area contributed by atoms with Gasteiger partial charge in [-0.2, -0.15) is 0 Å². The van der Waals surface area contributed by atoms with E-state index in [1.54, 1.807) is 12.4 Å². The van der Waals surface area contributed by atoms with Gasteiger partial charge in [0, 0.05) is 22.4 Å². The van der Waals surface area contributed by atoms with Crippen molar-refractivity contribution in [3.8, 4) is 0 Å². The van der Waals surface area contributed by atoms with Gasteiger partial charge < -0.3 is 5.11 Å². The zero-order valence-corrected chi connectivity index (χ0v) is 11.8. The second kappa shape index (κ2) is 5.60. The van der Waals surface area contributed by atoms with Crippen LogP contribution in [0.1, 0.15) is 22.8 Å². The fraction of sp³-hybridized carbons (Fsp3) is 0.214. The summed E-state index contributed by atoms with van der Waals surface area (Å²) in [7, 11) is 0. The van der Waals surface area contributed by atoms with Gasteiger partial charge in [-0.15, -0.1) is 0 Å². The first-order chi connectivity index (χ1) is 8.18. The molecule has 1 atom stereocenters. The molecule has 0 aliphatic carbocycles. The van der Waals surface area contributed by atoms with Crippen molar-refractivity contribution in [2.75, 3.05) is 0 Å². The number of hydrogen-bond donors (Lipinski definition) is 1. The number of aromatic nitrogens is 1. The van der Waals surface area contributed by atoms with Crippen LogP contribution in [0.2, 0.25) is 0 Å². The smallest absolute Gasteiger partial charge is 0.0841 e. The van der Waals surface area contributed by atoms with Crippen molar-refractivity contribution in [2.24, 2.45) is 0 Å². The zero-order chi connectivity index (χ0) is 12.3. The molecule has 0 aliphatic rings. The Morgan fingerprint density at radius 2 is 2.12 bits per heavy atom. The van der Waals surface area contributed by atoms with E-state index in [2.05, 4.69) is 40.6 Å². The summed E-state index contributed by atoms with van der Waals surface area (Å²) in [5.74, 6) is 0. The molecule has 0 aliphatic heterocycles. The molecule has 88 valence electrons. The summed E-state index contributed by atoms with van der Waals surface area (Å²) in [4.78, 5) is 4.06. The molecule has 2 aromatic rings. The predicted molar refractivity (Wildman–Crippen MR) is 76.8 cm³/mol. The Hall–Kier alpha value is -0.940. The third-order valence-corrected chi connectivity index (χ3v) is 4.21. The first-order valence-electron chi connectivity index (χ1n) is 5.50. The van der Waals surface area contributed by atoms with Gasteiger partial charge in [0.05, 0.1) is 6.10 Å². The van der Waals surface area contributed by atoms with Gasteiger partial charge in [-0.25, -0.2) is 0 Å². The highest BCUT2D eigenvalue weighted by Gasteiger charge is 2.12. The molecule has 17 heavy (non-hydrogen) atoms. The maximum absolute atomic E-state index is 10.2. The van der Waals surface area contributed by atoms with E-state index < -0.39 is 6.10 Å². The van der Waals surface area contributed by atoms with Gasteiger partial charge in [-0.3, -0.25) is 4.98 Å². The fourth-order valence-electron chi connectivity index (χ4n) is 1.78. The number of pyridine rings is 1. The van der Waals surface area contributed by atoms with Crippen LogP contribution >= 0.6 is 22.6 Å². The van der Waals surface area contributed by atoms with Crippen molar-refractivity contribution in [3.63, 3.8) is 0 Å². The molecule has 1 aromatic carbocycles. The van der Waals surface area contributed by atoms with E-state index in [9.17, 15) is 5.11 Å². The highest BCUT2D eigenvalue weighted by molar-refractivity contribution is 14.1. The van der Waals surface area contributed by atoms with Gasteiger partial charge in [0.15, 0.2) is 0 Å². The average Bonchev–Trinajstić information content (AvgIpc) is 2.34. The first-order valence-corrected chi connectivity index (χ1v) is 6.58. The summed E-state index contributed by atoms with van der Waals surface area (Å²) in [6, 6.07) is 9.90. The molecule has 1 N–H and O–H groups in total. The number of rotatable bonds is 3. The third-order valence-electron chi connectivity index (χ3n) is 2.73. The van der Waals surface area contributed by atoms with Crippen molar-refractivity contribution in [3.05, 3.63) is 63.0 Å². The zero-order valence-electron chi connectivity index (χ0n) is 9.60. The Morgan fingerprint density at radius 3 is 2.82 bits per heavy atom. The summed E-state index contributed by atoms with van der Waals surface area (Å²) in [5, 5.41) is 10.2. The molecule has 3 heteroatoms. The third kappa shape index (κ3) is 3.04. The van der Waals surface area contributed by atoms with E-state index in [1.807, 2.05) is 24.3 Å². The Balaban J connectivity index is 2.20. The lowest BCUT2D eigenvalue weighted by Gasteiger charge is -2.14. The van der Waals surface area contributed by atoms with Crippen molar-refractivity contribution in [1.82, 2.24) is 4.98 Å². The van der Waals surface area contributed by atoms with E-state index in [0.29, 0.717) is 6.42 Å². The van der Waals surface area contributed by atoms with E-state index >= 15 is 0 Å². The van der Waals surface area contributed by atoms with Crippen LogP contribution in [0, 0.1) is 10.5 Å². The molecule has 0 bridgehead atoms. The number of benzene rings is 1. The molecular formula is C14H14INO. The van der Waals surface area contributed by atoms with Crippen LogP contribution in [0.4, 0.5) is 0 Å². The number of aliphatic hydroxyl groups is 1. The van der Waals surface area contributed by atoms with E-state index in [4.69, 9.17) is 0 Å². The van der Waals surface area contributed by atoms with Crippen LogP contribution < -0.4 is 0 Å². The lowest BCUT2D eigenvalue weighted by Crippen LogP contribution is -2.05. The van der Waals surface area contributed by atoms with Gasteiger partial charge >= 0.3 is 0 Å². The largest absolute Gasteiger partial charge is 0.388 e. The number of aliphatic hydroxyl groups excluding tert-OH is 1. The van der Waals surface area contributed by atoms with Crippen LogP contribution in [0.5, 0.6) is 0 Å². The molecule has 0 saturated heterocycles. The summed E-state index contributed by atoms with van der Waals surface area (Å²) in [6.07, 6.45) is 3.68. The molecular weight excluding hydrogens is 325 g/mol. The number of nitrogens with zero attached hydrogens (tertiary/aromatic N) is 1. The normalized spacial score (nSPS) is 12.4. The molecule has 0 radical (unpaired) electrons. The van der Waals surface area contributed by atoms with Crippen LogP contribution in [-0.2, 0) is 6.42 Å². The number of halogens is 1. The predicted octanol–water partition coefficient (Wildman–Crippen LogP) is 3.27. The fourth-order valence-corrected chi connectivity index (χ4v) is 2.50. The Labute approximate surface area is 115 Å². The average molecular weight is 339 g/mol. The lowest BCUT2D eigenvalue weighted by atomic mass is 10.0. The first kappa shape index (κ1) is 12.5. The quantitative estimate of drug-likeness (QED) is 0.871. The Bertz CT molecular complexity index is 499. The van der Waals surface area contributed by atoms with Gasteiger partial charge in [0.1, 0.15) is 0 Å². The highest BCUT2D eigenvalue weighted by atomic mass is 127. The van der Waals surface area contributed by atoms with Gasteiger partial charge in [-0.05, 0) is 52.3 Å². The molecule has 1 aromatic heterocycles. The van der Waals surface area contributed by atoms with Crippen molar-refractivity contribution < 1.29 is 5.11 Å². The second-order valence-electron chi connectivity index (χ2n) is 4.06. The van der Waals surface area contributed by atoms with Crippen molar-refractivity contribution >= 4 is 22.6 Å². The van der Waals surface area contributed by atoms with Crippen molar-refractivity contribution in [2.45, 2.75) is 19.4 Å². The molecule has 1 heterocycles. The number of aryl methyl sites for hydroxylation is 1. The number of hydrogen-bond acceptors (Lipinski definition) is 2. The molecule has 2 rings (SSSR count). The topological polar surface area (TPSA) is 33.1 Å². The summed E-state index contributed by atoms with van der Waals surface area (Å²) in [6.45, 7) is 2.06. The van der Waals surface area contributed by atoms with E-state index in [1.165, 1.54) is 5.56 Å². The van der Waals surface area contributed by atoms with Crippen LogP contribution in [0.15, 0.2) is 42.7 Å². The highest BCUT2D eigenvalue weighted by Crippen LogP contribution is 2.25. The second-order valence-corrected chi connectivity index (χ2v) is 5.14. The lowest BCUT2D eigenvalue weighted by molar-refractivity contribution is 0.177. The SMILES string of the molecule is Cc1cccc(C(O)Cc2cccnc2)c1I. The molecule has 0 spiro atoms. The van der Waals surface area contributed by atoms with Crippen molar-refractivity contribution in [1.29, 1.82) is 0 Å². The Morgan fingerprint density at radius 1 is 1.29 bits per heavy atom. The Kier molecular flexibility index (Phi) is 4.12. The van der Waals surface area contributed by atoms with E-state index in [-0.39, 0.29) is 0 Å². The molecule has 0 fully saturated rings. The monoisotopic (exact) mass is 339 g/mol. The van der Waals surface area contributed by atoms with Gasteiger partial charge in [-0.1, -0.05) is 24.3 Å². The molecule has 2 nitrogen and oxygen atoms in total. The van der Waals surface area contributed by atoms with Gasteiger partial charge in [0.2, 0.25) is 0 Å². The molecule has 0 amide bonds. The van der Waals surface area contributed by atoms with Gasteiger partial charge in [0.25, 0.3) is 0 Å². The summed E-state index contributed by atoms with van der Waals surface area (Å²) >= 11 is 2.29. The minimum Gasteiger partial charge on any atom is -0.388 e. The minimum atomic E-state index is -0.467. The minimum absolute atomic E-state index is 0.467. The van der Waals surface area contributed by atoms with Crippen LogP contribution in [-0.4, -0.2) is 10.1 Å². The maximum Gasteiger partial charge on any atom is 0.0841 e. The molecule has 0 saturated carbocycles. The van der Waals surface area contributed by atoms with E-state index in [0.717, 1.165) is 14.7 Å². The summed E-state index contributed by atoms with van der Waals surface area (Å²) in [5.41, 5.74) is 3.25.